The molecule has 2 aliphatic heterocycles. The number of carbonyl (C=O) groups is 1. The molecule has 1 saturated heterocycles. The van der Waals surface area contributed by atoms with Gasteiger partial charge >= 0.3 is 0 Å². The molecule has 136 valence electrons. The van der Waals surface area contributed by atoms with Crippen LogP contribution in [-0.4, -0.2) is 48.8 Å². The molecule has 0 saturated carbocycles. The molecule has 0 radical (unpaired) electrons. The van der Waals surface area contributed by atoms with Crippen molar-refractivity contribution in [3.8, 4) is 0 Å². The van der Waals surface area contributed by atoms with Crippen LogP contribution in [0.5, 0.6) is 0 Å². The van der Waals surface area contributed by atoms with E-state index in [1.165, 1.54) is 11.3 Å². The van der Waals surface area contributed by atoms with Gasteiger partial charge < -0.3 is 19.6 Å². The van der Waals surface area contributed by atoms with E-state index in [2.05, 4.69) is 16.5 Å². The summed E-state index contributed by atoms with van der Waals surface area (Å²) in [6.07, 6.45) is 1.67. The van der Waals surface area contributed by atoms with E-state index in [9.17, 15) is 9.90 Å². The second-order valence-corrected chi connectivity index (χ2v) is 7.42. The molecule has 1 aromatic heterocycles. The summed E-state index contributed by atoms with van der Waals surface area (Å²) in [4.78, 5) is 22.1. The number of fused-ring (bicyclic) bond motifs is 1. The Kier molecular flexibility index (Phi) is 4.30. The van der Waals surface area contributed by atoms with E-state index in [1.807, 2.05) is 31.2 Å². The highest BCUT2D eigenvalue weighted by atomic mass is 32.1. The van der Waals surface area contributed by atoms with Crippen LogP contribution in [0, 0.1) is 6.92 Å². The summed E-state index contributed by atoms with van der Waals surface area (Å²) < 4.78 is 5.40. The number of aromatic nitrogens is 1. The molecule has 1 atom stereocenters. The number of hydrogen-bond acceptors (Lipinski definition) is 6. The molecule has 2 aliphatic rings. The molecule has 2 aromatic rings. The molecule has 0 aliphatic carbocycles. The number of aliphatic hydroxyl groups is 1. The summed E-state index contributed by atoms with van der Waals surface area (Å²) in [5.41, 5.74) is 0.307. The third-order valence-corrected chi connectivity index (χ3v) is 6.17. The maximum atomic E-state index is 13.2. The molecule has 0 spiro atoms. The number of anilines is 2. The molecule has 4 rings (SSSR count). The van der Waals surface area contributed by atoms with E-state index < -0.39 is 5.60 Å². The lowest BCUT2D eigenvalue weighted by molar-refractivity contribution is -0.131. The molecule has 0 bridgehead atoms. The van der Waals surface area contributed by atoms with Crippen LogP contribution in [-0.2, 0) is 15.1 Å². The average molecular weight is 371 g/mol. The predicted octanol–water partition coefficient (Wildman–Crippen LogP) is 2.06. The van der Waals surface area contributed by atoms with Crippen molar-refractivity contribution in [1.29, 1.82) is 0 Å². The number of thiazole rings is 1. The summed E-state index contributed by atoms with van der Waals surface area (Å²) in [6, 6.07) is 7.37. The van der Waals surface area contributed by atoms with Crippen molar-refractivity contribution in [3.05, 3.63) is 53.1 Å². The van der Waals surface area contributed by atoms with Crippen molar-refractivity contribution in [2.75, 3.05) is 42.6 Å². The number of rotatable bonds is 4. The van der Waals surface area contributed by atoms with Gasteiger partial charge in [0.05, 0.1) is 29.5 Å². The minimum absolute atomic E-state index is 0.348. The van der Waals surface area contributed by atoms with Gasteiger partial charge in [0.2, 0.25) is 5.60 Å². The Bertz CT molecular complexity index is 859. The number of ether oxygens (including phenoxy) is 1. The molecule has 26 heavy (non-hydrogen) atoms. The fourth-order valence-corrected chi connectivity index (χ4v) is 4.79. The minimum atomic E-state index is -1.70. The highest BCUT2D eigenvalue weighted by Gasteiger charge is 2.52. The Morgan fingerprint density at radius 3 is 2.85 bits per heavy atom. The molecule has 1 amide bonds. The number of amides is 1. The topological polar surface area (TPSA) is 65.9 Å². The molecule has 7 heteroatoms. The quantitative estimate of drug-likeness (QED) is 0.834. The minimum Gasteiger partial charge on any atom is -0.378 e. The zero-order valence-electron chi connectivity index (χ0n) is 14.6. The average Bonchev–Trinajstić information content (AvgIpc) is 3.16. The molecule has 3 heterocycles. The first kappa shape index (κ1) is 17.2. The molecule has 1 unspecified atom stereocenters. The Hall–Kier alpha value is -2.22. The summed E-state index contributed by atoms with van der Waals surface area (Å²) in [6.45, 7) is 8.77. The molecule has 6 nitrogen and oxygen atoms in total. The largest absolute Gasteiger partial charge is 0.378 e. The van der Waals surface area contributed by atoms with Crippen LogP contribution in [0.4, 0.5) is 10.8 Å². The Balaban J connectivity index is 1.80. The highest BCUT2D eigenvalue weighted by molar-refractivity contribution is 7.16. The van der Waals surface area contributed by atoms with Crippen molar-refractivity contribution in [2.45, 2.75) is 12.5 Å². The van der Waals surface area contributed by atoms with Gasteiger partial charge in [0.15, 0.2) is 5.13 Å². The van der Waals surface area contributed by atoms with E-state index in [0.29, 0.717) is 35.9 Å². The first-order valence-corrected chi connectivity index (χ1v) is 9.44. The number of hydrogen-bond donors (Lipinski definition) is 1. The number of carbonyl (C=O) groups excluding carboxylic acids is 1. The lowest BCUT2D eigenvalue weighted by atomic mass is 9.93. The van der Waals surface area contributed by atoms with Gasteiger partial charge in [0.25, 0.3) is 5.91 Å². The highest BCUT2D eigenvalue weighted by Crippen LogP contribution is 2.48. The maximum Gasteiger partial charge on any atom is 0.269 e. The first-order chi connectivity index (χ1) is 12.6. The van der Waals surface area contributed by atoms with Crippen molar-refractivity contribution >= 4 is 28.1 Å². The molecule has 1 fully saturated rings. The van der Waals surface area contributed by atoms with E-state index >= 15 is 0 Å². The van der Waals surface area contributed by atoms with Crippen LogP contribution in [0.25, 0.3) is 0 Å². The van der Waals surface area contributed by atoms with Gasteiger partial charge in [-0.3, -0.25) is 4.79 Å². The van der Waals surface area contributed by atoms with Gasteiger partial charge in [-0.05, 0) is 13.0 Å². The Labute approximate surface area is 156 Å². The van der Waals surface area contributed by atoms with Gasteiger partial charge in [-0.15, -0.1) is 6.58 Å². The smallest absolute Gasteiger partial charge is 0.269 e. The molecular weight excluding hydrogens is 350 g/mol. The second kappa shape index (κ2) is 6.50. The third-order valence-electron chi connectivity index (χ3n) is 4.85. The van der Waals surface area contributed by atoms with Crippen LogP contribution in [0.15, 0.2) is 36.9 Å². The van der Waals surface area contributed by atoms with Crippen molar-refractivity contribution < 1.29 is 14.6 Å². The van der Waals surface area contributed by atoms with E-state index in [1.54, 1.807) is 11.0 Å². The van der Waals surface area contributed by atoms with E-state index in [4.69, 9.17) is 4.74 Å². The van der Waals surface area contributed by atoms with Gasteiger partial charge in [-0.2, -0.15) is 0 Å². The van der Waals surface area contributed by atoms with Gasteiger partial charge in [-0.1, -0.05) is 35.6 Å². The maximum absolute atomic E-state index is 13.2. The number of morpholine rings is 1. The Morgan fingerprint density at radius 1 is 1.38 bits per heavy atom. The summed E-state index contributed by atoms with van der Waals surface area (Å²) in [5.74, 6) is -0.348. The van der Waals surface area contributed by atoms with Crippen LogP contribution >= 0.6 is 11.3 Å². The van der Waals surface area contributed by atoms with Gasteiger partial charge in [0.1, 0.15) is 0 Å². The standard InChI is InChI=1S/C19H21N3O3S/c1-3-8-22-15-7-5-4-6-14(15)19(24,17(22)23)16-13(2)20-18(26-16)21-9-11-25-12-10-21/h3-7,24H,1,8-12H2,2H3. The zero-order valence-corrected chi connectivity index (χ0v) is 15.5. The molecule has 1 aromatic carbocycles. The second-order valence-electron chi connectivity index (χ2n) is 6.44. The number of benzene rings is 1. The van der Waals surface area contributed by atoms with Crippen molar-refractivity contribution in [1.82, 2.24) is 4.98 Å². The fourth-order valence-electron chi connectivity index (χ4n) is 3.57. The summed E-state index contributed by atoms with van der Waals surface area (Å²) in [7, 11) is 0. The summed E-state index contributed by atoms with van der Waals surface area (Å²) in [5, 5.41) is 12.4. The fraction of sp³-hybridized carbons (Fsp3) is 0.368. The normalized spacial score (nSPS) is 22.6. The van der Waals surface area contributed by atoms with Crippen LogP contribution < -0.4 is 9.80 Å². The van der Waals surface area contributed by atoms with Crippen LogP contribution in [0.1, 0.15) is 16.1 Å². The van der Waals surface area contributed by atoms with E-state index in [-0.39, 0.29) is 5.91 Å². The lowest BCUT2D eigenvalue weighted by Gasteiger charge is -2.26. The Morgan fingerprint density at radius 2 is 2.12 bits per heavy atom. The monoisotopic (exact) mass is 371 g/mol. The van der Waals surface area contributed by atoms with Crippen LogP contribution in [0.2, 0.25) is 0 Å². The van der Waals surface area contributed by atoms with Gasteiger partial charge in [-0.25, -0.2) is 4.98 Å². The lowest BCUT2D eigenvalue weighted by Crippen LogP contribution is -2.41. The van der Waals surface area contributed by atoms with Gasteiger partial charge in [0, 0.05) is 25.2 Å². The number of nitrogens with zero attached hydrogens (tertiary/aromatic N) is 3. The number of para-hydroxylation sites is 1. The predicted molar refractivity (Wildman–Crippen MR) is 102 cm³/mol. The SMILES string of the molecule is C=CCN1C(=O)C(O)(c2sc(N3CCOCC3)nc2C)c2ccccc21. The first-order valence-electron chi connectivity index (χ1n) is 8.62. The number of aryl methyl sites for hydroxylation is 1. The zero-order chi connectivity index (χ0) is 18.3. The van der Waals surface area contributed by atoms with Crippen molar-refractivity contribution in [2.24, 2.45) is 0 Å². The third kappa shape index (κ3) is 2.46. The summed E-state index contributed by atoms with van der Waals surface area (Å²) >= 11 is 1.39. The molecular formula is C19H21N3O3S. The van der Waals surface area contributed by atoms with Crippen molar-refractivity contribution in [3.63, 3.8) is 0 Å². The van der Waals surface area contributed by atoms with Crippen LogP contribution in [0.3, 0.4) is 0 Å². The molecule has 1 N–H and O–H groups in total. The van der Waals surface area contributed by atoms with E-state index in [0.717, 1.165) is 23.9 Å².